The molecule has 3 N–H and O–H groups in total. The molecular formula is C24H26FN3O3S. The van der Waals surface area contributed by atoms with Crippen molar-refractivity contribution in [3.63, 3.8) is 0 Å². The molecule has 0 aliphatic carbocycles. The molecule has 2 aromatic carbocycles. The van der Waals surface area contributed by atoms with Gasteiger partial charge in [0.05, 0.1) is 6.42 Å². The number of halogens is 1. The summed E-state index contributed by atoms with van der Waals surface area (Å²) in [7, 11) is 0. The molecule has 2 heterocycles. The fourth-order valence-corrected chi connectivity index (χ4v) is 5.33. The van der Waals surface area contributed by atoms with Gasteiger partial charge in [0.15, 0.2) is 0 Å². The molecule has 0 bridgehead atoms. The maximum Gasteiger partial charge on any atom is 0.322 e. The number of carbonyl (C=O) groups excluding carboxylic acids is 1. The Kier molecular flexibility index (Phi) is 6.69. The minimum absolute atomic E-state index is 0.0171. The largest absolute Gasteiger partial charge is 0.481 e. The van der Waals surface area contributed by atoms with Crippen LogP contribution in [0.15, 0.2) is 53.4 Å². The number of urea groups is 1. The first-order valence-corrected chi connectivity index (χ1v) is 11.6. The number of carboxylic acids is 1. The third-order valence-corrected chi connectivity index (χ3v) is 7.15. The average molecular weight is 456 g/mol. The van der Waals surface area contributed by atoms with Gasteiger partial charge in [-0.15, -0.1) is 11.8 Å². The van der Waals surface area contributed by atoms with Crippen molar-refractivity contribution in [3.05, 3.63) is 59.9 Å². The molecule has 4 rings (SSSR count). The zero-order chi connectivity index (χ0) is 22.7. The fourth-order valence-electron chi connectivity index (χ4n) is 4.21. The Hall–Kier alpha value is -3.00. The predicted molar refractivity (Wildman–Crippen MR) is 125 cm³/mol. The van der Waals surface area contributed by atoms with Crippen molar-refractivity contribution in [1.29, 1.82) is 0 Å². The molecule has 0 radical (unpaired) electrons. The van der Waals surface area contributed by atoms with Crippen molar-refractivity contribution in [2.45, 2.75) is 42.2 Å². The summed E-state index contributed by atoms with van der Waals surface area (Å²) in [6, 6.07) is 14.0. The molecule has 1 atom stereocenters. The Bertz CT molecular complexity index is 1110. The maximum atomic E-state index is 13.1. The van der Waals surface area contributed by atoms with Crippen molar-refractivity contribution in [2.75, 3.05) is 18.4 Å². The first-order chi connectivity index (χ1) is 15.4. The molecule has 1 fully saturated rings. The van der Waals surface area contributed by atoms with Gasteiger partial charge in [-0.25, -0.2) is 9.18 Å². The number of aromatic amines is 1. The Balaban J connectivity index is 1.42. The molecule has 1 unspecified atom stereocenters. The van der Waals surface area contributed by atoms with Crippen LogP contribution < -0.4 is 5.32 Å². The minimum atomic E-state index is -0.874. The van der Waals surface area contributed by atoms with Crippen molar-refractivity contribution in [3.8, 4) is 0 Å². The van der Waals surface area contributed by atoms with Gasteiger partial charge in [0.2, 0.25) is 0 Å². The fraction of sp³-hybridized carbons (Fsp3) is 0.333. The molecule has 3 aromatic rings. The van der Waals surface area contributed by atoms with Gasteiger partial charge >= 0.3 is 12.0 Å². The molecule has 0 saturated carbocycles. The van der Waals surface area contributed by atoms with Gasteiger partial charge in [0.1, 0.15) is 11.6 Å². The number of H-pyrrole nitrogens is 1. The van der Waals surface area contributed by atoms with E-state index in [1.165, 1.54) is 12.1 Å². The number of likely N-dealkylation sites (tertiary alicyclic amines) is 1. The Labute approximate surface area is 190 Å². The number of aliphatic carboxylic acids is 1. The lowest BCUT2D eigenvalue weighted by Gasteiger charge is -2.31. The first-order valence-electron chi connectivity index (χ1n) is 10.7. The SMILES string of the molecule is CC(CC(=O)O)c1c(NC(=O)N2CCC(Sc3ccc(F)cc3)CC2)[nH]c2ccccc12. The van der Waals surface area contributed by atoms with Crippen LogP contribution in [-0.2, 0) is 4.79 Å². The maximum absolute atomic E-state index is 13.1. The molecule has 2 amide bonds. The van der Waals surface area contributed by atoms with Crippen molar-refractivity contribution in [2.24, 2.45) is 0 Å². The number of rotatable bonds is 6. The predicted octanol–water partition coefficient (Wildman–Crippen LogP) is 5.67. The third-order valence-electron chi connectivity index (χ3n) is 5.80. The smallest absolute Gasteiger partial charge is 0.322 e. The number of nitrogens with one attached hydrogen (secondary N) is 2. The minimum Gasteiger partial charge on any atom is -0.481 e. The van der Waals surface area contributed by atoms with Crippen LogP contribution >= 0.6 is 11.8 Å². The summed E-state index contributed by atoms with van der Waals surface area (Å²) >= 11 is 1.72. The zero-order valence-corrected chi connectivity index (χ0v) is 18.6. The van der Waals surface area contributed by atoms with Gasteiger partial charge in [0.25, 0.3) is 0 Å². The van der Waals surface area contributed by atoms with Gasteiger partial charge in [-0.3, -0.25) is 10.1 Å². The van der Waals surface area contributed by atoms with E-state index in [0.717, 1.165) is 34.2 Å². The van der Waals surface area contributed by atoms with Crippen LogP contribution in [0.25, 0.3) is 10.9 Å². The molecule has 1 aliphatic rings. The number of hydrogen-bond acceptors (Lipinski definition) is 3. The van der Waals surface area contributed by atoms with E-state index < -0.39 is 5.97 Å². The first kappa shape index (κ1) is 22.2. The number of nitrogens with zero attached hydrogens (tertiary/aromatic N) is 1. The standard InChI is InChI=1S/C24H26FN3O3S/c1-15(14-21(29)30)22-19-4-2-3-5-20(19)26-23(22)27-24(31)28-12-10-18(11-13-28)32-17-8-6-16(25)7-9-17/h2-9,15,18,26H,10-14H2,1H3,(H,27,31)(H,29,30). The van der Waals surface area contributed by atoms with Crippen molar-refractivity contribution < 1.29 is 19.1 Å². The molecule has 1 aromatic heterocycles. The topological polar surface area (TPSA) is 85.4 Å². The number of para-hydroxylation sites is 1. The molecular weight excluding hydrogens is 429 g/mol. The van der Waals surface area contributed by atoms with E-state index in [1.807, 2.05) is 31.2 Å². The highest BCUT2D eigenvalue weighted by Gasteiger charge is 2.26. The van der Waals surface area contributed by atoms with Crippen LogP contribution in [0, 0.1) is 5.82 Å². The van der Waals surface area contributed by atoms with Crippen molar-refractivity contribution in [1.82, 2.24) is 9.88 Å². The lowest BCUT2D eigenvalue weighted by Crippen LogP contribution is -2.42. The molecule has 8 heteroatoms. The lowest BCUT2D eigenvalue weighted by molar-refractivity contribution is -0.137. The van der Waals surface area contributed by atoms with Gasteiger partial charge in [-0.05, 0) is 49.1 Å². The van der Waals surface area contributed by atoms with Gasteiger partial charge in [-0.1, -0.05) is 25.1 Å². The van der Waals surface area contributed by atoms with E-state index >= 15 is 0 Å². The monoisotopic (exact) mass is 455 g/mol. The summed E-state index contributed by atoms with van der Waals surface area (Å²) in [6.45, 7) is 3.12. The van der Waals surface area contributed by atoms with Crippen LogP contribution in [-0.4, -0.2) is 45.3 Å². The summed E-state index contributed by atoms with van der Waals surface area (Å²) < 4.78 is 13.1. The third kappa shape index (κ3) is 5.07. The zero-order valence-electron chi connectivity index (χ0n) is 17.8. The highest BCUT2D eigenvalue weighted by Crippen LogP contribution is 2.35. The summed E-state index contributed by atoms with van der Waals surface area (Å²) in [6.07, 6.45) is 1.69. The van der Waals surface area contributed by atoms with E-state index in [4.69, 9.17) is 0 Å². The van der Waals surface area contributed by atoms with Gasteiger partial charge < -0.3 is 15.0 Å². The van der Waals surface area contributed by atoms with E-state index in [0.29, 0.717) is 24.2 Å². The van der Waals surface area contributed by atoms with Gasteiger partial charge in [0, 0.05) is 39.7 Å². The quantitative estimate of drug-likeness (QED) is 0.447. The number of hydrogen-bond donors (Lipinski definition) is 3. The molecule has 32 heavy (non-hydrogen) atoms. The normalized spacial score (nSPS) is 15.6. The number of amides is 2. The number of piperidine rings is 1. The number of carboxylic acid groups (broad SMARTS) is 1. The van der Waals surface area contributed by atoms with Crippen LogP contribution in [0.1, 0.15) is 37.7 Å². The van der Waals surface area contributed by atoms with E-state index in [1.54, 1.807) is 28.8 Å². The number of thioether (sulfide) groups is 1. The summed E-state index contributed by atoms with van der Waals surface area (Å²) in [5, 5.41) is 13.5. The Morgan fingerprint density at radius 2 is 1.88 bits per heavy atom. The van der Waals surface area contributed by atoms with Crippen LogP contribution in [0.4, 0.5) is 15.0 Å². The molecule has 0 spiro atoms. The molecule has 1 aliphatic heterocycles. The Morgan fingerprint density at radius 1 is 1.19 bits per heavy atom. The van der Waals surface area contributed by atoms with E-state index in [9.17, 15) is 19.1 Å². The highest BCUT2D eigenvalue weighted by molar-refractivity contribution is 8.00. The van der Waals surface area contributed by atoms with Gasteiger partial charge in [-0.2, -0.15) is 0 Å². The molecule has 6 nitrogen and oxygen atoms in total. The Morgan fingerprint density at radius 3 is 2.56 bits per heavy atom. The van der Waals surface area contributed by atoms with Crippen LogP contribution in [0.3, 0.4) is 0 Å². The molecule has 168 valence electrons. The number of anilines is 1. The van der Waals surface area contributed by atoms with E-state index in [2.05, 4.69) is 10.3 Å². The number of benzene rings is 2. The summed E-state index contributed by atoms with van der Waals surface area (Å²) in [5.41, 5.74) is 1.68. The second-order valence-electron chi connectivity index (χ2n) is 8.15. The second-order valence-corrected chi connectivity index (χ2v) is 9.52. The number of aromatic nitrogens is 1. The average Bonchev–Trinajstić information content (AvgIpc) is 3.13. The highest BCUT2D eigenvalue weighted by atomic mass is 32.2. The second kappa shape index (κ2) is 9.65. The van der Waals surface area contributed by atoms with Crippen molar-refractivity contribution >= 4 is 40.5 Å². The van der Waals surface area contributed by atoms with E-state index in [-0.39, 0.29) is 24.2 Å². The van der Waals surface area contributed by atoms with Crippen LogP contribution in [0.5, 0.6) is 0 Å². The number of carbonyl (C=O) groups is 2. The number of fused-ring (bicyclic) bond motifs is 1. The lowest BCUT2D eigenvalue weighted by atomic mass is 9.96. The summed E-state index contributed by atoms with van der Waals surface area (Å²) in [5.74, 6) is -0.805. The van der Waals surface area contributed by atoms with Crippen LogP contribution in [0.2, 0.25) is 0 Å². The summed E-state index contributed by atoms with van der Waals surface area (Å²) in [4.78, 5) is 30.3. The molecule has 1 saturated heterocycles.